The average molecular weight is 411 g/mol. The summed E-state index contributed by atoms with van der Waals surface area (Å²) < 4.78 is 7.48. The van der Waals surface area contributed by atoms with Crippen LogP contribution in [0.25, 0.3) is 5.69 Å². The molecule has 2 aromatic heterocycles. The standard InChI is InChI=1S/C22H23ClN4O2/c1-15-14-19(16(2)27(15)18-7-5-17(23)6-8-18)22(28)25-20-4-3-9-24-21(20)26-10-12-29-13-11-26/h3-9,14H,10-13H2,1-2H3,(H,25,28). The molecule has 0 aliphatic carbocycles. The van der Waals surface area contributed by atoms with Crippen molar-refractivity contribution < 1.29 is 9.53 Å². The lowest BCUT2D eigenvalue weighted by molar-refractivity contribution is 0.102. The maximum Gasteiger partial charge on any atom is 0.257 e. The third-order valence-electron chi connectivity index (χ3n) is 5.11. The summed E-state index contributed by atoms with van der Waals surface area (Å²) in [6.45, 7) is 6.76. The summed E-state index contributed by atoms with van der Waals surface area (Å²) >= 11 is 6.01. The summed E-state index contributed by atoms with van der Waals surface area (Å²) in [5, 5.41) is 3.73. The van der Waals surface area contributed by atoms with E-state index in [4.69, 9.17) is 16.3 Å². The summed E-state index contributed by atoms with van der Waals surface area (Å²) in [5.41, 5.74) is 4.16. The molecule has 1 amide bonds. The number of carbonyl (C=O) groups excluding carboxylic acids is 1. The van der Waals surface area contributed by atoms with E-state index in [9.17, 15) is 4.79 Å². The Morgan fingerprint density at radius 2 is 1.86 bits per heavy atom. The molecule has 0 bridgehead atoms. The van der Waals surface area contributed by atoms with Gasteiger partial charge in [0.1, 0.15) is 0 Å². The molecule has 29 heavy (non-hydrogen) atoms. The van der Waals surface area contributed by atoms with E-state index in [0.717, 1.165) is 36.0 Å². The Hall–Kier alpha value is -2.83. The van der Waals surface area contributed by atoms with Gasteiger partial charge in [-0.3, -0.25) is 4.79 Å². The Labute approximate surface area is 175 Å². The monoisotopic (exact) mass is 410 g/mol. The second-order valence-corrected chi connectivity index (χ2v) is 7.46. The molecule has 1 fully saturated rings. The summed E-state index contributed by atoms with van der Waals surface area (Å²) in [7, 11) is 0. The van der Waals surface area contributed by atoms with Crippen LogP contribution >= 0.6 is 11.6 Å². The minimum Gasteiger partial charge on any atom is -0.378 e. The van der Waals surface area contributed by atoms with Crippen LogP contribution in [0.4, 0.5) is 11.5 Å². The number of nitrogens with one attached hydrogen (secondary N) is 1. The number of pyridine rings is 1. The van der Waals surface area contributed by atoms with Crippen LogP contribution in [-0.2, 0) is 4.74 Å². The Kier molecular flexibility index (Phi) is 5.56. The highest BCUT2D eigenvalue weighted by molar-refractivity contribution is 6.30. The predicted octanol–water partition coefficient (Wildman–Crippen LogP) is 4.23. The van der Waals surface area contributed by atoms with Crippen molar-refractivity contribution in [2.45, 2.75) is 13.8 Å². The molecule has 1 aliphatic heterocycles. The molecule has 6 nitrogen and oxygen atoms in total. The molecular formula is C22H23ClN4O2. The molecule has 150 valence electrons. The number of anilines is 2. The molecule has 0 atom stereocenters. The van der Waals surface area contributed by atoms with Crippen molar-refractivity contribution in [3.63, 3.8) is 0 Å². The number of halogens is 1. The quantitative estimate of drug-likeness (QED) is 0.699. The number of morpholine rings is 1. The van der Waals surface area contributed by atoms with E-state index in [1.54, 1.807) is 6.20 Å². The van der Waals surface area contributed by atoms with Gasteiger partial charge in [0.2, 0.25) is 0 Å². The van der Waals surface area contributed by atoms with E-state index in [0.29, 0.717) is 29.5 Å². The smallest absolute Gasteiger partial charge is 0.257 e. The van der Waals surface area contributed by atoms with Gasteiger partial charge < -0.3 is 19.5 Å². The number of rotatable bonds is 4. The first-order valence-corrected chi connectivity index (χ1v) is 9.96. The zero-order chi connectivity index (χ0) is 20.4. The van der Waals surface area contributed by atoms with Crippen LogP contribution in [-0.4, -0.2) is 41.8 Å². The van der Waals surface area contributed by atoms with Gasteiger partial charge in [-0.15, -0.1) is 0 Å². The van der Waals surface area contributed by atoms with Gasteiger partial charge in [0.15, 0.2) is 5.82 Å². The summed E-state index contributed by atoms with van der Waals surface area (Å²) in [6, 6.07) is 13.2. The zero-order valence-electron chi connectivity index (χ0n) is 16.5. The minimum absolute atomic E-state index is 0.152. The summed E-state index contributed by atoms with van der Waals surface area (Å²) in [6.07, 6.45) is 1.74. The number of hydrogen-bond acceptors (Lipinski definition) is 4. The van der Waals surface area contributed by atoms with Crippen molar-refractivity contribution in [2.75, 3.05) is 36.5 Å². The lowest BCUT2D eigenvalue weighted by atomic mass is 10.2. The fourth-order valence-electron chi connectivity index (χ4n) is 3.69. The van der Waals surface area contributed by atoms with E-state index in [1.807, 2.05) is 56.3 Å². The molecule has 7 heteroatoms. The van der Waals surface area contributed by atoms with Gasteiger partial charge in [-0.2, -0.15) is 0 Å². The van der Waals surface area contributed by atoms with E-state index in [2.05, 4.69) is 19.8 Å². The highest BCUT2D eigenvalue weighted by Crippen LogP contribution is 2.26. The van der Waals surface area contributed by atoms with Crippen LogP contribution in [0.1, 0.15) is 21.7 Å². The molecular weight excluding hydrogens is 388 g/mol. The van der Waals surface area contributed by atoms with E-state index < -0.39 is 0 Å². The molecule has 0 radical (unpaired) electrons. The van der Waals surface area contributed by atoms with Gasteiger partial charge in [0, 0.05) is 41.4 Å². The number of amides is 1. The molecule has 1 saturated heterocycles. The number of carbonyl (C=O) groups is 1. The van der Waals surface area contributed by atoms with Crippen molar-refractivity contribution in [3.8, 4) is 5.69 Å². The second kappa shape index (κ2) is 8.27. The average Bonchev–Trinajstić information content (AvgIpc) is 3.04. The van der Waals surface area contributed by atoms with Crippen molar-refractivity contribution in [1.82, 2.24) is 9.55 Å². The zero-order valence-corrected chi connectivity index (χ0v) is 17.2. The lowest BCUT2D eigenvalue weighted by Gasteiger charge is -2.29. The summed E-state index contributed by atoms with van der Waals surface area (Å²) in [4.78, 5) is 19.7. The number of aromatic nitrogens is 2. The Bertz CT molecular complexity index is 1020. The fourth-order valence-corrected chi connectivity index (χ4v) is 3.82. The third kappa shape index (κ3) is 3.99. The lowest BCUT2D eigenvalue weighted by Crippen LogP contribution is -2.37. The van der Waals surface area contributed by atoms with Gasteiger partial charge >= 0.3 is 0 Å². The molecule has 0 unspecified atom stereocenters. The van der Waals surface area contributed by atoms with Crippen LogP contribution < -0.4 is 10.2 Å². The molecule has 1 aromatic carbocycles. The Morgan fingerprint density at radius 3 is 2.59 bits per heavy atom. The van der Waals surface area contributed by atoms with Crippen LogP contribution in [0.3, 0.4) is 0 Å². The second-order valence-electron chi connectivity index (χ2n) is 7.02. The number of aryl methyl sites for hydroxylation is 1. The normalized spacial score (nSPS) is 14.1. The molecule has 1 N–H and O–H groups in total. The minimum atomic E-state index is -0.152. The van der Waals surface area contributed by atoms with Crippen molar-refractivity contribution >= 4 is 29.0 Å². The SMILES string of the molecule is Cc1cc(C(=O)Nc2cccnc2N2CCOCC2)c(C)n1-c1ccc(Cl)cc1. The fraction of sp³-hybridized carbons (Fsp3) is 0.273. The Morgan fingerprint density at radius 1 is 1.14 bits per heavy atom. The first-order valence-electron chi connectivity index (χ1n) is 9.58. The van der Waals surface area contributed by atoms with Gasteiger partial charge in [-0.05, 0) is 56.3 Å². The molecule has 1 aliphatic rings. The van der Waals surface area contributed by atoms with Crippen molar-refractivity contribution in [1.29, 1.82) is 0 Å². The number of hydrogen-bond donors (Lipinski definition) is 1. The first-order chi connectivity index (χ1) is 14.0. The molecule has 0 saturated carbocycles. The topological polar surface area (TPSA) is 59.4 Å². The number of ether oxygens (including phenoxy) is 1. The van der Waals surface area contributed by atoms with Crippen LogP contribution in [0.5, 0.6) is 0 Å². The highest BCUT2D eigenvalue weighted by Gasteiger charge is 2.20. The maximum atomic E-state index is 13.1. The van der Waals surface area contributed by atoms with Gasteiger partial charge in [0.25, 0.3) is 5.91 Å². The third-order valence-corrected chi connectivity index (χ3v) is 5.36. The van der Waals surface area contributed by atoms with E-state index in [1.165, 1.54) is 0 Å². The highest BCUT2D eigenvalue weighted by atomic mass is 35.5. The van der Waals surface area contributed by atoms with Crippen LogP contribution in [0.15, 0.2) is 48.7 Å². The van der Waals surface area contributed by atoms with Crippen molar-refractivity contribution in [3.05, 3.63) is 70.6 Å². The van der Waals surface area contributed by atoms with Gasteiger partial charge in [-0.25, -0.2) is 4.98 Å². The largest absolute Gasteiger partial charge is 0.378 e. The van der Waals surface area contributed by atoms with Crippen LogP contribution in [0.2, 0.25) is 5.02 Å². The van der Waals surface area contributed by atoms with E-state index in [-0.39, 0.29) is 5.91 Å². The van der Waals surface area contributed by atoms with Crippen molar-refractivity contribution in [2.24, 2.45) is 0 Å². The first kappa shape index (κ1) is 19.5. The molecule has 3 aromatic rings. The number of benzene rings is 1. The predicted molar refractivity (Wildman–Crippen MR) is 115 cm³/mol. The molecule has 0 spiro atoms. The van der Waals surface area contributed by atoms with Gasteiger partial charge in [-0.1, -0.05) is 11.6 Å². The summed E-state index contributed by atoms with van der Waals surface area (Å²) in [5.74, 6) is 0.622. The Balaban J connectivity index is 1.62. The molecule has 4 rings (SSSR count). The van der Waals surface area contributed by atoms with E-state index >= 15 is 0 Å². The van der Waals surface area contributed by atoms with Gasteiger partial charge in [0.05, 0.1) is 24.5 Å². The van der Waals surface area contributed by atoms with Crippen LogP contribution in [0, 0.1) is 13.8 Å². The molecule has 3 heterocycles. The number of nitrogens with zero attached hydrogens (tertiary/aromatic N) is 3. The maximum absolute atomic E-state index is 13.1.